The van der Waals surface area contributed by atoms with E-state index in [0.717, 1.165) is 22.5 Å². The van der Waals surface area contributed by atoms with Gasteiger partial charge in [-0.2, -0.15) is 0 Å². The molecule has 1 aromatic rings. The largest absolute Gasteiger partial charge is 0.255 e. The van der Waals surface area contributed by atoms with Crippen molar-refractivity contribution in [3.05, 3.63) is 65.9 Å². The molecule has 0 aromatic heterocycles. The summed E-state index contributed by atoms with van der Waals surface area (Å²) in [5.74, 6) is 0. The zero-order valence-corrected chi connectivity index (χ0v) is 11.8. The van der Waals surface area contributed by atoms with Gasteiger partial charge < -0.3 is 0 Å². The average molecular weight is 252 g/mol. The van der Waals surface area contributed by atoms with Crippen molar-refractivity contribution in [2.75, 3.05) is 0 Å². The van der Waals surface area contributed by atoms with Gasteiger partial charge in [0.05, 0.1) is 11.4 Å². The van der Waals surface area contributed by atoms with Crippen LogP contribution in [0.25, 0.3) is 0 Å². The van der Waals surface area contributed by atoms with Gasteiger partial charge in [0.25, 0.3) is 0 Å². The quantitative estimate of drug-likeness (QED) is 0.531. The van der Waals surface area contributed by atoms with Gasteiger partial charge >= 0.3 is 0 Å². The Morgan fingerprint density at radius 1 is 1.21 bits per heavy atom. The highest BCUT2D eigenvalue weighted by Gasteiger charge is 1.92. The summed E-state index contributed by atoms with van der Waals surface area (Å²) < 4.78 is 0. The number of aryl methyl sites for hydroxylation is 1. The van der Waals surface area contributed by atoms with Crippen molar-refractivity contribution in [3.8, 4) is 0 Å². The van der Waals surface area contributed by atoms with E-state index in [2.05, 4.69) is 16.6 Å². The lowest BCUT2D eigenvalue weighted by atomic mass is 10.2. The van der Waals surface area contributed by atoms with Gasteiger partial charge in [-0.25, -0.2) is 0 Å². The summed E-state index contributed by atoms with van der Waals surface area (Å²) >= 11 is 0. The molecule has 0 amide bonds. The Bertz CT molecular complexity index is 546. The van der Waals surface area contributed by atoms with E-state index in [1.54, 1.807) is 12.4 Å². The second-order valence-electron chi connectivity index (χ2n) is 4.20. The van der Waals surface area contributed by atoms with E-state index in [9.17, 15) is 0 Å². The first-order valence-corrected chi connectivity index (χ1v) is 6.26. The third-order valence-electron chi connectivity index (χ3n) is 2.49. The van der Waals surface area contributed by atoms with Gasteiger partial charge in [0.1, 0.15) is 0 Å². The van der Waals surface area contributed by atoms with Gasteiger partial charge in [-0.3, -0.25) is 9.98 Å². The third-order valence-corrected chi connectivity index (χ3v) is 2.49. The van der Waals surface area contributed by atoms with E-state index in [1.807, 2.05) is 63.3 Å². The van der Waals surface area contributed by atoms with Crippen molar-refractivity contribution in [2.45, 2.75) is 20.8 Å². The standard InChI is InChI=1S/C17H20N2/c1-5-6-10-16(14(2)3)18-12-13-19-17-11-8-7-9-15(17)4/h5-13H,2H2,1,3-4H3/b6-5-,16-10+,18-12?,19-13?. The predicted molar refractivity (Wildman–Crippen MR) is 85.5 cm³/mol. The van der Waals surface area contributed by atoms with Gasteiger partial charge in [-0.1, -0.05) is 36.9 Å². The van der Waals surface area contributed by atoms with E-state index in [1.165, 1.54) is 0 Å². The Morgan fingerprint density at radius 3 is 2.58 bits per heavy atom. The Morgan fingerprint density at radius 2 is 1.95 bits per heavy atom. The summed E-state index contributed by atoms with van der Waals surface area (Å²) in [6, 6.07) is 7.99. The van der Waals surface area contributed by atoms with Gasteiger partial charge in [0, 0.05) is 12.4 Å². The van der Waals surface area contributed by atoms with Crippen LogP contribution < -0.4 is 0 Å². The smallest absolute Gasteiger partial charge is 0.0659 e. The summed E-state index contributed by atoms with van der Waals surface area (Å²) in [6.07, 6.45) is 9.23. The molecule has 0 radical (unpaired) electrons. The van der Waals surface area contributed by atoms with Crippen molar-refractivity contribution < 1.29 is 0 Å². The molecule has 2 heteroatoms. The number of nitrogens with zero attached hydrogens (tertiary/aromatic N) is 2. The summed E-state index contributed by atoms with van der Waals surface area (Å²) in [6.45, 7) is 9.84. The summed E-state index contributed by atoms with van der Waals surface area (Å²) in [5.41, 5.74) is 3.90. The van der Waals surface area contributed by atoms with Crippen LogP contribution in [0.4, 0.5) is 5.69 Å². The van der Waals surface area contributed by atoms with Crippen molar-refractivity contribution in [2.24, 2.45) is 9.98 Å². The molecule has 0 unspecified atom stereocenters. The molecular formula is C17H20N2. The maximum Gasteiger partial charge on any atom is 0.0659 e. The highest BCUT2D eigenvalue weighted by atomic mass is 14.8. The molecule has 1 aromatic carbocycles. The van der Waals surface area contributed by atoms with Crippen LogP contribution in [0.15, 0.2) is 70.3 Å². The number of rotatable bonds is 5. The molecule has 0 fully saturated rings. The number of aliphatic imine (C=N–C) groups is 2. The zero-order chi connectivity index (χ0) is 14.1. The molecule has 2 nitrogen and oxygen atoms in total. The molecular weight excluding hydrogens is 232 g/mol. The maximum absolute atomic E-state index is 4.37. The number of hydrogen-bond acceptors (Lipinski definition) is 2. The minimum atomic E-state index is 0.856. The van der Waals surface area contributed by atoms with Crippen LogP contribution in [0, 0.1) is 6.92 Å². The molecule has 0 aliphatic heterocycles. The molecule has 0 N–H and O–H groups in total. The molecule has 0 saturated carbocycles. The molecule has 1 rings (SSSR count). The fraction of sp³-hybridized carbons (Fsp3) is 0.176. The van der Waals surface area contributed by atoms with E-state index >= 15 is 0 Å². The fourth-order valence-electron chi connectivity index (χ4n) is 1.42. The summed E-state index contributed by atoms with van der Waals surface area (Å²) in [7, 11) is 0. The number of allylic oxidation sites excluding steroid dienone is 4. The molecule has 19 heavy (non-hydrogen) atoms. The van der Waals surface area contributed by atoms with Crippen LogP contribution in [-0.2, 0) is 0 Å². The van der Waals surface area contributed by atoms with Gasteiger partial charge in [0.2, 0.25) is 0 Å². The molecule has 0 aliphatic rings. The van der Waals surface area contributed by atoms with E-state index in [-0.39, 0.29) is 0 Å². The molecule has 0 spiro atoms. The van der Waals surface area contributed by atoms with Crippen molar-refractivity contribution in [1.29, 1.82) is 0 Å². The van der Waals surface area contributed by atoms with Crippen LogP contribution >= 0.6 is 0 Å². The second-order valence-corrected chi connectivity index (χ2v) is 4.20. The minimum Gasteiger partial charge on any atom is -0.255 e. The summed E-state index contributed by atoms with van der Waals surface area (Å²) in [5, 5.41) is 0. The topological polar surface area (TPSA) is 24.7 Å². The number of benzene rings is 1. The van der Waals surface area contributed by atoms with Crippen LogP contribution in [0.1, 0.15) is 19.4 Å². The van der Waals surface area contributed by atoms with Crippen LogP contribution in [0.2, 0.25) is 0 Å². The monoisotopic (exact) mass is 252 g/mol. The van der Waals surface area contributed by atoms with Gasteiger partial charge in [-0.05, 0) is 44.1 Å². The lowest BCUT2D eigenvalue weighted by molar-refractivity contribution is 1.31. The SMILES string of the molecule is C=C(C)/C(=C\C=C/C)N=CC=Nc1ccccc1C. The first-order valence-electron chi connectivity index (χ1n) is 6.26. The normalized spacial score (nSPS) is 12.9. The molecule has 0 aliphatic carbocycles. The predicted octanol–water partition coefficient (Wildman–Crippen LogP) is 4.80. The lowest BCUT2D eigenvalue weighted by Gasteiger charge is -1.98. The Balaban J connectivity index is 2.77. The van der Waals surface area contributed by atoms with E-state index in [0.29, 0.717) is 0 Å². The van der Waals surface area contributed by atoms with Crippen molar-refractivity contribution in [1.82, 2.24) is 0 Å². The summed E-state index contributed by atoms with van der Waals surface area (Å²) in [4.78, 5) is 8.71. The Hall–Kier alpha value is -2.22. The fourth-order valence-corrected chi connectivity index (χ4v) is 1.42. The molecule has 0 bridgehead atoms. The third kappa shape index (κ3) is 5.30. The molecule has 98 valence electrons. The minimum absolute atomic E-state index is 0.856. The highest BCUT2D eigenvalue weighted by Crippen LogP contribution is 2.16. The zero-order valence-electron chi connectivity index (χ0n) is 11.8. The second kappa shape index (κ2) is 7.98. The lowest BCUT2D eigenvalue weighted by Crippen LogP contribution is -1.83. The molecule has 0 saturated heterocycles. The van der Waals surface area contributed by atoms with Gasteiger partial charge in [-0.15, -0.1) is 0 Å². The van der Waals surface area contributed by atoms with Crippen LogP contribution in [0.5, 0.6) is 0 Å². The van der Waals surface area contributed by atoms with Crippen molar-refractivity contribution >= 4 is 18.1 Å². The van der Waals surface area contributed by atoms with Crippen LogP contribution in [0.3, 0.4) is 0 Å². The average Bonchev–Trinajstić information content (AvgIpc) is 2.39. The highest BCUT2D eigenvalue weighted by molar-refractivity contribution is 6.17. The van der Waals surface area contributed by atoms with E-state index < -0.39 is 0 Å². The van der Waals surface area contributed by atoms with Gasteiger partial charge in [0.15, 0.2) is 0 Å². The van der Waals surface area contributed by atoms with Crippen molar-refractivity contribution in [3.63, 3.8) is 0 Å². The Kier molecular flexibility index (Phi) is 6.23. The number of para-hydroxylation sites is 1. The Labute approximate surface area is 115 Å². The van der Waals surface area contributed by atoms with E-state index in [4.69, 9.17) is 0 Å². The van der Waals surface area contributed by atoms with Crippen LogP contribution in [-0.4, -0.2) is 12.4 Å². The first kappa shape index (κ1) is 14.8. The molecule has 0 heterocycles. The molecule has 0 atom stereocenters. The maximum atomic E-state index is 4.37. The first-order chi connectivity index (χ1) is 9.15. The number of hydrogen-bond donors (Lipinski definition) is 0.